The maximum Gasteiger partial charge on any atom is 0.305 e. The summed E-state index contributed by atoms with van der Waals surface area (Å²) in [6.45, 7) is 0.538. The van der Waals surface area contributed by atoms with Crippen LogP contribution in [0.1, 0.15) is 24.0 Å². The van der Waals surface area contributed by atoms with Crippen LogP contribution in [0.5, 0.6) is 0 Å². The first-order valence-corrected chi connectivity index (χ1v) is 8.78. The van der Waals surface area contributed by atoms with Gasteiger partial charge in [0.1, 0.15) is 11.9 Å². The molecule has 0 fully saturated rings. The lowest BCUT2D eigenvalue weighted by atomic mass is 10.1. The molecule has 26 heavy (non-hydrogen) atoms. The summed E-state index contributed by atoms with van der Waals surface area (Å²) in [6, 6.07) is 15.3. The molecule has 0 spiro atoms. The Morgan fingerprint density at radius 1 is 1.27 bits per heavy atom. The second kappa shape index (κ2) is 8.63. The van der Waals surface area contributed by atoms with E-state index in [4.69, 9.17) is 21.3 Å². The topological polar surface area (TPSA) is 63.0 Å². The SMILES string of the molecule is COC(=O)CC[C@@H]1N=Cc2cc(Cl)ccc2NC1=NCc1ccccc1. The predicted octanol–water partition coefficient (Wildman–Crippen LogP) is 4.10. The highest BCUT2D eigenvalue weighted by molar-refractivity contribution is 6.31. The van der Waals surface area contributed by atoms with Crippen molar-refractivity contribution in [3.05, 3.63) is 64.7 Å². The van der Waals surface area contributed by atoms with E-state index in [1.165, 1.54) is 7.11 Å². The molecule has 0 saturated carbocycles. The van der Waals surface area contributed by atoms with Crippen LogP contribution in [-0.2, 0) is 16.1 Å². The maximum absolute atomic E-state index is 11.5. The molecule has 2 aromatic rings. The molecule has 6 heteroatoms. The number of methoxy groups -OCH3 is 1. The van der Waals surface area contributed by atoms with Gasteiger partial charge in [-0.1, -0.05) is 41.9 Å². The number of amidine groups is 1. The second-order valence-corrected chi connectivity index (χ2v) is 6.39. The zero-order chi connectivity index (χ0) is 18.4. The maximum atomic E-state index is 11.5. The van der Waals surface area contributed by atoms with Crippen LogP contribution in [0.3, 0.4) is 0 Å². The average molecular weight is 370 g/mol. The van der Waals surface area contributed by atoms with E-state index in [1.807, 2.05) is 48.5 Å². The first kappa shape index (κ1) is 18.1. The van der Waals surface area contributed by atoms with Crippen LogP contribution in [-0.4, -0.2) is 31.2 Å². The summed E-state index contributed by atoms with van der Waals surface area (Å²) in [5.74, 6) is 0.475. The number of esters is 1. The van der Waals surface area contributed by atoms with Crippen LogP contribution in [0.25, 0.3) is 0 Å². The first-order chi connectivity index (χ1) is 12.7. The molecule has 1 atom stereocenters. The predicted molar refractivity (Wildman–Crippen MR) is 105 cm³/mol. The van der Waals surface area contributed by atoms with E-state index in [9.17, 15) is 4.79 Å². The fourth-order valence-electron chi connectivity index (χ4n) is 2.69. The summed E-state index contributed by atoms with van der Waals surface area (Å²) in [6.07, 6.45) is 2.58. The van der Waals surface area contributed by atoms with Crippen molar-refractivity contribution in [3.8, 4) is 0 Å². The van der Waals surface area contributed by atoms with Crippen LogP contribution < -0.4 is 5.32 Å². The lowest BCUT2D eigenvalue weighted by Gasteiger charge is -2.15. The Balaban J connectivity index is 1.86. The number of halogens is 1. The standard InChI is InChI=1S/C20H20ClN3O2/c1-26-19(25)10-9-18-20(23-12-14-5-3-2-4-6-14)24-17-8-7-16(21)11-15(17)13-22-18/h2-8,11,13,18H,9-10,12H2,1H3,(H,23,24)/t18-/m0/s1. The number of hydrogen-bond acceptors (Lipinski definition) is 4. The van der Waals surface area contributed by atoms with Crippen molar-refractivity contribution in [2.45, 2.75) is 25.4 Å². The molecule has 0 aromatic heterocycles. The van der Waals surface area contributed by atoms with E-state index in [0.717, 1.165) is 22.6 Å². The number of carbonyl (C=O) groups excluding carboxylic acids is 1. The Morgan fingerprint density at radius 2 is 2.08 bits per heavy atom. The summed E-state index contributed by atoms with van der Waals surface area (Å²) in [5.41, 5.74) is 2.90. The minimum atomic E-state index is -0.257. The van der Waals surface area contributed by atoms with Crippen molar-refractivity contribution in [2.75, 3.05) is 12.4 Å². The van der Waals surface area contributed by atoms with Gasteiger partial charge in [-0.2, -0.15) is 0 Å². The number of nitrogens with zero attached hydrogens (tertiary/aromatic N) is 2. The van der Waals surface area contributed by atoms with Gasteiger partial charge in [0.2, 0.25) is 0 Å². The lowest BCUT2D eigenvalue weighted by molar-refractivity contribution is -0.140. The van der Waals surface area contributed by atoms with Gasteiger partial charge in [0.25, 0.3) is 0 Å². The highest BCUT2D eigenvalue weighted by atomic mass is 35.5. The van der Waals surface area contributed by atoms with Gasteiger partial charge in [0.05, 0.1) is 13.7 Å². The fourth-order valence-corrected chi connectivity index (χ4v) is 2.87. The number of benzene rings is 2. The number of fused-ring (bicyclic) bond motifs is 1. The lowest BCUT2D eigenvalue weighted by Crippen LogP contribution is -2.27. The summed E-state index contributed by atoms with van der Waals surface area (Å²) in [4.78, 5) is 20.9. The van der Waals surface area contributed by atoms with E-state index in [-0.39, 0.29) is 18.4 Å². The first-order valence-electron chi connectivity index (χ1n) is 8.40. The van der Waals surface area contributed by atoms with Gasteiger partial charge in [-0.25, -0.2) is 0 Å². The van der Waals surface area contributed by atoms with Gasteiger partial charge in [0, 0.05) is 28.9 Å². The Hall–Kier alpha value is -2.66. The van der Waals surface area contributed by atoms with E-state index in [2.05, 4.69) is 10.3 Å². The number of anilines is 1. The molecule has 0 amide bonds. The van der Waals surface area contributed by atoms with Gasteiger partial charge in [-0.15, -0.1) is 0 Å². The average Bonchev–Trinajstić information content (AvgIpc) is 2.84. The quantitative estimate of drug-likeness (QED) is 0.807. The monoisotopic (exact) mass is 369 g/mol. The van der Waals surface area contributed by atoms with Crippen LogP contribution in [0.2, 0.25) is 5.02 Å². The largest absolute Gasteiger partial charge is 0.469 e. The third kappa shape index (κ3) is 4.70. The number of nitrogens with one attached hydrogen (secondary N) is 1. The van der Waals surface area contributed by atoms with E-state index >= 15 is 0 Å². The van der Waals surface area contributed by atoms with Gasteiger partial charge in [-0.05, 0) is 30.2 Å². The summed E-state index contributed by atoms with van der Waals surface area (Å²) in [7, 11) is 1.39. The number of rotatable bonds is 5. The Morgan fingerprint density at radius 3 is 2.85 bits per heavy atom. The highest BCUT2D eigenvalue weighted by Crippen LogP contribution is 2.23. The number of ether oxygens (including phenoxy) is 1. The molecule has 1 aliphatic rings. The van der Waals surface area contributed by atoms with E-state index in [0.29, 0.717) is 18.0 Å². The molecule has 3 rings (SSSR count). The molecule has 0 bridgehead atoms. The molecule has 0 radical (unpaired) electrons. The van der Waals surface area contributed by atoms with Crippen LogP contribution in [0.4, 0.5) is 5.69 Å². The van der Waals surface area contributed by atoms with E-state index < -0.39 is 0 Å². The molecular weight excluding hydrogens is 350 g/mol. The molecule has 2 aromatic carbocycles. The summed E-state index contributed by atoms with van der Waals surface area (Å²) >= 11 is 6.08. The van der Waals surface area contributed by atoms with Crippen molar-refractivity contribution < 1.29 is 9.53 Å². The number of aliphatic imine (C=N–C) groups is 2. The molecule has 0 unspecified atom stereocenters. The zero-order valence-corrected chi connectivity index (χ0v) is 15.2. The summed E-state index contributed by atoms with van der Waals surface area (Å²) in [5, 5.41) is 4.01. The van der Waals surface area contributed by atoms with Crippen molar-refractivity contribution in [1.29, 1.82) is 0 Å². The number of hydrogen-bond donors (Lipinski definition) is 1. The molecule has 1 heterocycles. The summed E-state index contributed by atoms with van der Waals surface area (Å²) < 4.78 is 4.75. The highest BCUT2D eigenvalue weighted by Gasteiger charge is 2.20. The molecule has 5 nitrogen and oxygen atoms in total. The number of benzodiazepines with no additional fused rings is 1. The minimum Gasteiger partial charge on any atom is -0.469 e. The minimum absolute atomic E-state index is 0.246. The van der Waals surface area contributed by atoms with Gasteiger partial charge in [0.15, 0.2) is 0 Å². The number of carbonyl (C=O) groups is 1. The molecule has 134 valence electrons. The van der Waals surface area contributed by atoms with Crippen molar-refractivity contribution in [3.63, 3.8) is 0 Å². The third-order valence-corrected chi connectivity index (χ3v) is 4.35. The van der Waals surface area contributed by atoms with Crippen LogP contribution in [0.15, 0.2) is 58.5 Å². The molecule has 1 N–H and O–H groups in total. The van der Waals surface area contributed by atoms with Crippen molar-refractivity contribution in [1.82, 2.24) is 0 Å². The second-order valence-electron chi connectivity index (χ2n) is 5.95. The third-order valence-electron chi connectivity index (χ3n) is 4.11. The van der Waals surface area contributed by atoms with Crippen molar-refractivity contribution >= 4 is 35.3 Å². The van der Waals surface area contributed by atoms with Crippen LogP contribution >= 0.6 is 11.6 Å². The Kier molecular flexibility index (Phi) is 6.02. The van der Waals surface area contributed by atoms with E-state index in [1.54, 1.807) is 6.21 Å². The zero-order valence-electron chi connectivity index (χ0n) is 14.5. The van der Waals surface area contributed by atoms with Gasteiger partial charge in [-0.3, -0.25) is 14.8 Å². The van der Waals surface area contributed by atoms with Gasteiger partial charge < -0.3 is 10.1 Å². The van der Waals surface area contributed by atoms with Crippen molar-refractivity contribution in [2.24, 2.45) is 9.98 Å². The molecule has 1 aliphatic heterocycles. The van der Waals surface area contributed by atoms with Crippen LogP contribution in [0, 0.1) is 0 Å². The normalized spacial score (nSPS) is 17.3. The molecular formula is C20H20ClN3O2. The molecule has 0 saturated heterocycles. The Labute approximate surface area is 157 Å². The van der Waals surface area contributed by atoms with Gasteiger partial charge >= 0.3 is 5.97 Å². The molecule has 0 aliphatic carbocycles. The Bertz CT molecular complexity index is 834. The smallest absolute Gasteiger partial charge is 0.305 e. The fraction of sp³-hybridized carbons (Fsp3) is 0.250.